The number of hydrogen-bond donors (Lipinski definition) is 0. The third-order valence-electron chi connectivity index (χ3n) is 8.46. The van der Waals surface area contributed by atoms with E-state index in [1.807, 2.05) is 24.4 Å². The Balaban J connectivity index is 1.31. The highest BCUT2D eigenvalue weighted by Gasteiger charge is 2.36. The number of fused-ring (bicyclic) bond motifs is 2. The summed E-state index contributed by atoms with van der Waals surface area (Å²) in [5.41, 5.74) is 8.86. The van der Waals surface area contributed by atoms with Crippen molar-refractivity contribution in [1.29, 1.82) is 0 Å². The lowest BCUT2D eigenvalue weighted by Crippen LogP contribution is -2.41. The number of aromatic nitrogens is 1. The number of aryl methyl sites for hydroxylation is 2. The number of carbonyl (C=O) groups is 1. The molecule has 1 aliphatic heterocycles. The van der Waals surface area contributed by atoms with Gasteiger partial charge >= 0.3 is 0 Å². The molecule has 3 nitrogen and oxygen atoms in total. The van der Waals surface area contributed by atoms with Gasteiger partial charge in [-0.3, -0.25) is 9.78 Å². The molecule has 0 spiro atoms. The van der Waals surface area contributed by atoms with Gasteiger partial charge in [-0.1, -0.05) is 72.5 Å². The molecule has 3 aromatic rings. The number of halogens is 1. The first kappa shape index (κ1) is 23.5. The van der Waals surface area contributed by atoms with E-state index in [1.54, 1.807) is 0 Å². The van der Waals surface area contributed by atoms with E-state index in [0.717, 1.165) is 62.3 Å². The lowest BCUT2D eigenvalue weighted by Gasteiger charge is -2.35. The molecular formula is C32H33ClN2O. The van der Waals surface area contributed by atoms with Gasteiger partial charge in [0.25, 0.3) is 0 Å². The Kier molecular flexibility index (Phi) is 6.67. The number of nitrogens with zero attached hydrogens (tertiary/aromatic N) is 2. The monoisotopic (exact) mass is 496 g/mol. The van der Waals surface area contributed by atoms with E-state index in [9.17, 15) is 4.79 Å². The van der Waals surface area contributed by atoms with Gasteiger partial charge in [0.15, 0.2) is 0 Å². The van der Waals surface area contributed by atoms with Crippen LogP contribution in [-0.2, 0) is 17.6 Å². The minimum Gasteiger partial charge on any atom is -0.342 e. The highest BCUT2D eigenvalue weighted by molar-refractivity contribution is 6.30. The van der Waals surface area contributed by atoms with Crippen LogP contribution in [0.2, 0.25) is 5.02 Å². The fraction of sp³-hybridized carbons (Fsp3) is 0.375. The summed E-state index contributed by atoms with van der Waals surface area (Å²) in [6, 6.07) is 21.0. The van der Waals surface area contributed by atoms with Gasteiger partial charge in [-0.15, -0.1) is 0 Å². The van der Waals surface area contributed by atoms with Crippen LogP contribution in [0.15, 0.2) is 72.4 Å². The summed E-state index contributed by atoms with van der Waals surface area (Å²) in [5.74, 6) is 0.781. The molecule has 1 saturated carbocycles. The zero-order valence-electron chi connectivity index (χ0n) is 20.8. The summed E-state index contributed by atoms with van der Waals surface area (Å²) in [6.07, 6.45) is 10.4. The van der Waals surface area contributed by atoms with Crippen molar-refractivity contribution >= 4 is 23.1 Å². The van der Waals surface area contributed by atoms with Crippen LogP contribution >= 0.6 is 11.6 Å². The molecule has 0 N–H and O–H groups in total. The lowest BCUT2D eigenvalue weighted by atomic mass is 9.83. The van der Waals surface area contributed by atoms with Gasteiger partial charge in [0, 0.05) is 29.9 Å². The molecule has 0 radical (unpaired) electrons. The van der Waals surface area contributed by atoms with Gasteiger partial charge in [-0.05, 0) is 84.9 Å². The Morgan fingerprint density at radius 3 is 2.42 bits per heavy atom. The third kappa shape index (κ3) is 4.50. The van der Waals surface area contributed by atoms with Crippen molar-refractivity contribution in [2.45, 2.75) is 57.3 Å². The number of amides is 1. The molecule has 1 atom stereocenters. The second kappa shape index (κ2) is 10.2. The van der Waals surface area contributed by atoms with Crippen molar-refractivity contribution in [3.8, 4) is 0 Å². The average Bonchev–Trinajstić information content (AvgIpc) is 3.39. The van der Waals surface area contributed by atoms with E-state index in [1.165, 1.54) is 46.2 Å². The largest absolute Gasteiger partial charge is 0.342 e. The molecule has 3 aliphatic rings. The summed E-state index contributed by atoms with van der Waals surface area (Å²) in [4.78, 5) is 20.9. The summed E-state index contributed by atoms with van der Waals surface area (Å²) < 4.78 is 0. The standard InChI is InChI=1S/C32H33ClN2O/c33-27-14-15-28-26(21-27)13-12-25-11-6-18-34-31(25)30(28)24-16-19-35(20-17-24)32(36)29(23-9-4-5-10-23)22-7-2-1-3-8-22/h1-3,6-8,11,14-15,18,21,23,29H,4-5,9-10,12-13,16-17,19-20H2. The Labute approximate surface area is 219 Å². The molecule has 2 aliphatic carbocycles. The normalized spacial score (nSPS) is 19.0. The van der Waals surface area contributed by atoms with Gasteiger partial charge in [0.1, 0.15) is 0 Å². The predicted molar refractivity (Wildman–Crippen MR) is 146 cm³/mol. The van der Waals surface area contributed by atoms with Crippen molar-refractivity contribution in [3.63, 3.8) is 0 Å². The lowest BCUT2D eigenvalue weighted by molar-refractivity contribution is -0.134. The number of carbonyl (C=O) groups excluding carboxylic acids is 1. The molecule has 4 heteroatoms. The SMILES string of the molecule is O=C(C(c1ccccc1)C1CCCC1)N1CCC(=C2c3ccc(Cl)cc3CCc3cccnc32)CC1. The van der Waals surface area contributed by atoms with Gasteiger partial charge < -0.3 is 4.90 Å². The quantitative estimate of drug-likeness (QED) is 0.383. The second-order valence-electron chi connectivity index (χ2n) is 10.5. The Morgan fingerprint density at radius 2 is 1.64 bits per heavy atom. The molecule has 6 rings (SSSR count). The molecule has 1 unspecified atom stereocenters. The van der Waals surface area contributed by atoms with E-state index in [0.29, 0.717) is 11.8 Å². The Morgan fingerprint density at radius 1 is 0.889 bits per heavy atom. The summed E-state index contributed by atoms with van der Waals surface area (Å²) in [5, 5.41) is 0.788. The number of pyridine rings is 1. The number of piperidine rings is 1. The molecule has 2 fully saturated rings. The summed E-state index contributed by atoms with van der Waals surface area (Å²) in [7, 11) is 0. The van der Waals surface area contributed by atoms with E-state index < -0.39 is 0 Å². The van der Waals surface area contributed by atoms with Crippen LogP contribution < -0.4 is 0 Å². The van der Waals surface area contributed by atoms with Gasteiger partial charge in [0.2, 0.25) is 5.91 Å². The topological polar surface area (TPSA) is 33.2 Å². The maximum atomic E-state index is 13.9. The molecule has 2 heterocycles. The van der Waals surface area contributed by atoms with Crippen LogP contribution in [0.4, 0.5) is 0 Å². The van der Waals surface area contributed by atoms with Crippen LogP contribution in [-0.4, -0.2) is 28.9 Å². The van der Waals surface area contributed by atoms with Crippen LogP contribution in [0.3, 0.4) is 0 Å². The van der Waals surface area contributed by atoms with Crippen molar-refractivity contribution in [1.82, 2.24) is 9.88 Å². The van der Waals surface area contributed by atoms with Gasteiger partial charge in [0.05, 0.1) is 11.6 Å². The van der Waals surface area contributed by atoms with Crippen LogP contribution in [0, 0.1) is 5.92 Å². The second-order valence-corrected chi connectivity index (χ2v) is 11.0. The first-order valence-corrected chi connectivity index (χ1v) is 13.9. The van der Waals surface area contributed by atoms with E-state index >= 15 is 0 Å². The fourth-order valence-electron chi connectivity index (χ4n) is 6.64. The van der Waals surface area contributed by atoms with Crippen molar-refractivity contribution in [3.05, 3.63) is 105 Å². The van der Waals surface area contributed by atoms with Crippen LogP contribution in [0.5, 0.6) is 0 Å². The van der Waals surface area contributed by atoms with Crippen LogP contribution in [0.1, 0.15) is 72.4 Å². The van der Waals surface area contributed by atoms with Crippen LogP contribution in [0.25, 0.3) is 5.57 Å². The minimum absolute atomic E-state index is 0.00829. The van der Waals surface area contributed by atoms with Gasteiger partial charge in [-0.2, -0.15) is 0 Å². The highest BCUT2D eigenvalue weighted by atomic mass is 35.5. The Hall–Kier alpha value is -2.91. The average molecular weight is 497 g/mol. The third-order valence-corrected chi connectivity index (χ3v) is 8.69. The van der Waals surface area contributed by atoms with E-state index in [4.69, 9.17) is 16.6 Å². The first-order valence-electron chi connectivity index (χ1n) is 13.5. The fourth-order valence-corrected chi connectivity index (χ4v) is 6.84. The van der Waals surface area contributed by atoms with E-state index in [-0.39, 0.29) is 5.92 Å². The smallest absolute Gasteiger partial charge is 0.230 e. The van der Waals surface area contributed by atoms with E-state index in [2.05, 4.69) is 47.4 Å². The maximum absolute atomic E-state index is 13.9. The molecule has 1 aromatic heterocycles. The molecule has 184 valence electrons. The van der Waals surface area contributed by atoms with Gasteiger partial charge in [-0.25, -0.2) is 0 Å². The minimum atomic E-state index is -0.00829. The molecular weight excluding hydrogens is 464 g/mol. The molecule has 1 amide bonds. The number of likely N-dealkylation sites (tertiary alicyclic amines) is 1. The number of benzene rings is 2. The zero-order chi connectivity index (χ0) is 24.5. The molecule has 0 bridgehead atoms. The van der Waals surface area contributed by atoms with Crippen molar-refractivity contribution in [2.75, 3.05) is 13.1 Å². The molecule has 1 saturated heterocycles. The number of rotatable bonds is 3. The Bertz CT molecular complexity index is 1280. The predicted octanol–water partition coefficient (Wildman–Crippen LogP) is 7.23. The number of hydrogen-bond acceptors (Lipinski definition) is 2. The first-order chi connectivity index (χ1) is 17.7. The maximum Gasteiger partial charge on any atom is 0.230 e. The molecule has 2 aromatic carbocycles. The highest BCUT2D eigenvalue weighted by Crippen LogP contribution is 2.41. The van der Waals surface area contributed by atoms with Crippen molar-refractivity contribution in [2.24, 2.45) is 5.92 Å². The summed E-state index contributed by atoms with van der Waals surface area (Å²) >= 11 is 6.39. The zero-order valence-corrected chi connectivity index (χ0v) is 21.5. The summed E-state index contributed by atoms with van der Waals surface area (Å²) in [6.45, 7) is 1.55. The van der Waals surface area contributed by atoms with Crippen molar-refractivity contribution < 1.29 is 4.79 Å². The molecule has 36 heavy (non-hydrogen) atoms.